The molecule has 1 heterocycles. The number of hydrogen-bond donors (Lipinski definition) is 2. The van der Waals surface area contributed by atoms with Gasteiger partial charge in [-0.15, -0.1) is 0 Å². The van der Waals surface area contributed by atoms with Gasteiger partial charge in [0.25, 0.3) is 0 Å². The summed E-state index contributed by atoms with van der Waals surface area (Å²) in [5.74, 6) is 0.236. The minimum Gasteiger partial charge on any atom is -0.383 e. The van der Waals surface area contributed by atoms with Gasteiger partial charge in [0.15, 0.2) is 5.67 Å². The number of nitrogens with zero attached hydrogens (tertiary/aromatic N) is 1. The molecule has 14 heavy (non-hydrogen) atoms. The highest BCUT2D eigenvalue weighted by Gasteiger charge is 2.32. The predicted molar refractivity (Wildman–Crippen MR) is 55.5 cm³/mol. The van der Waals surface area contributed by atoms with Gasteiger partial charge in [0, 0.05) is 18.3 Å². The normalized spacial score (nSPS) is 15.1. The summed E-state index contributed by atoms with van der Waals surface area (Å²) in [6.45, 7) is 3.49. The second-order valence-electron chi connectivity index (χ2n) is 3.41. The number of rotatable bonds is 3. The van der Waals surface area contributed by atoms with Gasteiger partial charge >= 0.3 is 0 Å². The highest BCUT2D eigenvalue weighted by molar-refractivity contribution is 5.48. The molecule has 1 aromatic heterocycles. The Kier molecular flexibility index (Phi) is 3.06. The number of nitrogen functional groups attached to an aromatic ring is 1. The molecule has 3 nitrogen and oxygen atoms in total. The Labute approximate surface area is 83.3 Å². The summed E-state index contributed by atoms with van der Waals surface area (Å²) in [6, 6.07) is 1.74. The second kappa shape index (κ2) is 3.92. The number of nitrogens with two attached hydrogens (primary N) is 2. The Morgan fingerprint density at radius 1 is 1.57 bits per heavy atom. The van der Waals surface area contributed by atoms with Crippen LogP contribution in [0.1, 0.15) is 24.5 Å². The van der Waals surface area contributed by atoms with E-state index in [4.69, 9.17) is 11.5 Å². The number of aromatic nitrogens is 1. The Balaban J connectivity index is 3.29. The molecule has 4 heteroatoms. The van der Waals surface area contributed by atoms with Gasteiger partial charge < -0.3 is 11.5 Å². The minimum atomic E-state index is -1.55. The van der Waals surface area contributed by atoms with E-state index in [1.165, 1.54) is 0 Å². The number of hydrogen-bond acceptors (Lipinski definition) is 3. The van der Waals surface area contributed by atoms with Crippen LogP contribution in [-0.4, -0.2) is 11.5 Å². The van der Waals surface area contributed by atoms with Crippen molar-refractivity contribution in [3.05, 3.63) is 23.4 Å². The molecular weight excluding hydrogens is 181 g/mol. The lowest BCUT2D eigenvalue weighted by Crippen LogP contribution is -2.31. The maximum Gasteiger partial charge on any atom is 0.151 e. The van der Waals surface area contributed by atoms with E-state index in [2.05, 4.69) is 4.98 Å². The first-order valence-electron chi connectivity index (χ1n) is 4.65. The number of pyridine rings is 1. The third-order valence-electron chi connectivity index (χ3n) is 2.52. The summed E-state index contributed by atoms with van der Waals surface area (Å²) in [5, 5.41) is 0. The van der Waals surface area contributed by atoms with Crippen molar-refractivity contribution in [2.24, 2.45) is 5.73 Å². The quantitative estimate of drug-likeness (QED) is 0.771. The van der Waals surface area contributed by atoms with Crippen LogP contribution >= 0.6 is 0 Å². The van der Waals surface area contributed by atoms with E-state index in [9.17, 15) is 4.39 Å². The molecule has 0 fully saturated rings. The molecular formula is C10H16FN3. The van der Waals surface area contributed by atoms with Crippen molar-refractivity contribution in [1.29, 1.82) is 0 Å². The molecule has 1 atom stereocenters. The van der Waals surface area contributed by atoms with Gasteiger partial charge in [0.2, 0.25) is 0 Å². The standard InChI is InChI=1S/C10H16FN3/c1-3-10(11,6-12)8-7(2)4-5-14-9(8)13/h4-5H,3,6,12H2,1-2H3,(H2,13,14). The average Bonchev–Trinajstić information content (AvgIpc) is 2.17. The maximum absolute atomic E-state index is 14.3. The van der Waals surface area contributed by atoms with Gasteiger partial charge in [0.05, 0.1) is 0 Å². The molecule has 0 saturated heterocycles. The largest absolute Gasteiger partial charge is 0.383 e. The fourth-order valence-electron chi connectivity index (χ4n) is 1.59. The number of halogens is 1. The van der Waals surface area contributed by atoms with Gasteiger partial charge in [-0.25, -0.2) is 9.37 Å². The topological polar surface area (TPSA) is 64.9 Å². The molecule has 0 aliphatic heterocycles. The van der Waals surface area contributed by atoms with Crippen molar-refractivity contribution in [1.82, 2.24) is 4.98 Å². The third kappa shape index (κ3) is 1.70. The van der Waals surface area contributed by atoms with Gasteiger partial charge in [-0.1, -0.05) is 6.92 Å². The molecule has 0 aromatic carbocycles. The van der Waals surface area contributed by atoms with Crippen LogP contribution in [0.25, 0.3) is 0 Å². The van der Waals surface area contributed by atoms with Crippen molar-refractivity contribution in [2.45, 2.75) is 25.9 Å². The monoisotopic (exact) mass is 197 g/mol. The van der Waals surface area contributed by atoms with E-state index >= 15 is 0 Å². The van der Waals surface area contributed by atoms with Crippen LogP contribution in [0.15, 0.2) is 12.3 Å². The molecule has 0 saturated carbocycles. The fourth-order valence-corrected chi connectivity index (χ4v) is 1.59. The van der Waals surface area contributed by atoms with Crippen LogP contribution in [0.2, 0.25) is 0 Å². The van der Waals surface area contributed by atoms with E-state index in [-0.39, 0.29) is 12.4 Å². The van der Waals surface area contributed by atoms with Crippen LogP contribution in [0.5, 0.6) is 0 Å². The van der Waals surface area contributed by atoms with E-state index in [0.29, 0.717) is 12.0 Å². The molecule has 78 valence electrons. The lowest BCUT2D eigenvalue weighted by atomic mass is 9.90. The molecule has 1 rings (SSSR count). The lowest BCUT2D eigenvalue weighted by Gasteiger charge is -2.25. The van der Waals surface area contributed by atoms with Crippen LogP contribution < -0.4 is 11.5 Å². The van der Waals surface area contributed by atoms with E-state index in [0.717, 1.165) is 5.56 Å². The SMILES string of the molecule is CCC(F)(CN)c1c(C)ccnc1N. The van der Waals surface area contributed by atoms with Gasteiger partial charge in [-0.3, -0.25) is 0 Å². The Morgan fingerprint density at radius 3 is 2.64 bits per heavy atom. The predicted octanol–water partition coefficient (Wildman–Crippen LogP) is 1.51. The molecule has 0 aliphatic carbocycles. The Morgan fingerprint density at radius 2 is 2.21 bits per heavy atom. The van der Waals surface area contributed by atoms with Crippen LogP contribution in [-0.2, 0) is 5.67 Å². The zero-order chi connectivity index (χ0) is 10.8. The molecule has 4 N–H and O–H groups in total. The molecule has 1 unspecified atom stereocenters. The van der Waals surface area contributed by atoms with Crippen molar-refractivity contribution in [3.8, 4) is 0 Å². The highest BCUT2D eigenvalue weighted by Crippen LogP contribution is 2.33. The van der Waals surface area contributed by atoms with Crippen LogP contribution in [0.3, 0.4) is 0 Å². The van der Waals surface area contributed by atoms with E-state index in [1.807, 2.05) is 6.92 Å². The Bertz CT molecular complexity index is 301. The average molecular weight is 197 g/mol. The van der Waals surface area contributed by atoms with Crippen molar-refractivity contribution >= 4 is 5.82 Å². The fraction of sp³-hybridized carbons (Fsp3) is 0.500. The van der Waals surface area contributed by atoms with E-state index < -0.39 is 5.67 Å². The molecule has 1 aromatic rings. The third-order valence-corrected chi connectivity index (χ3v) is 2.52. The zero-order valence-electron chi connectivity index (χ0n) is 8.55. The molecule has 0 radical (unpaired) electrons. The summed E-state index contributed by atoms with van der Waals surface area (Å²) in [5.41, 5.74) is 10.8. The van der Waals surface area contributed by atoms with Crippen LogP contribution in [0, 0.1) is 6.92 Å². The summed E-state index contributed by atoms with van der Waals surface area (Å²) in [4.78, 5) is 3.88. The summed E-state index contributed by atoms with van der Waals surface area (Å²) in [7, 11) is 0. The highest BCUT2D eigenvalue weighted by atomic mass is 19.1. The summed E-state index contributed by atoms with van der Waals surface area (Å²) < 4.78 is 14.3. The Hall–Kier alpha value is -1.16. The first-order chi connectivity index (χ1) is 6.55. The molecule has 0 aliphatic rings. The smallest absolute Gasteiger partial charge is 0.151 e. The molecule has 0 amide bonds. The van der Waals surface area contributed by atoms with Crippen molar-refractivity contribution in [3.63, 3.8) is 0 Å². The van der Waals surface area contributed by atoms with E-state index in [1.54, 1.807) is 19.2 Å². The first kappa shape index (κ1) is 10.9. The molecule has 0 spiro atoms. The summed E-state index contributed by atoms with van der Waals surface area (Å²) in [6.07, 6.45) is 1.88. The summed E-state index contributed by atoms with van der Waals surface area (Å²) >= 11 is 0. The molecule has 0 bridgehead atoms. The number of alkyl halides is 1. The van der Waals surface area contributed by atoms with Gasteiger partial charge in [0.1, 0.15) is 5.82 Å². The lowest BCUT2D eigenvalue weighted by molar-refractivity contribution is 0.168. The minimum absolute atomic E-state index is 0.0692. The second-order valence-corrected chi connectivity index (χ2v) is 3.41. The zero-order valence-corrected chi connectivity index (χ0v) is 8.55. The van der Waals surface area contributed by atoms with Crippen molar-refractivity contribution < 1.29 is 4.39 Å². The maximum atomic E-state index is 14.3. The van der Waals surface area contributed by atoms with Gasteiger partial charge in [-0.2, -0.15) is 0 Å². The van der Waals surface area contributed by atoms with Crippen molar-refractivity contribution in [2.75, 3.05) is 12.3 Å². The number of aryl methyl sites for hydroxylation is 1. The first-order valence-corrected chi connectivity index (χ1v) is 4.65. The van der Waals surface area contributed by atoms with Crippen LogP contribution in [0.4, 0.5) is 10.2 Å². The number of anilines is 1. The van der Waals surface area contributed by atoms with Gasteiger partial charge in [-0.05, 0) is 25.0 Å².